The molecule has 1 aromatic heterocycles. The van der Waals surface area contributed by atoms with Crippen molar-refractivity contribution in [3.05, 3.63) is 28.5 Å². The van der Waals surface area contributed by atoms with Crippen LogP contribution in [0.25, 0.3) is 11.0 Å². The molecule has 2 aromatic rings. The smallest absolute Gasteiger partial charge is 0.128 e. The molecule has 108 valence electrons. The highest BCUT2D eigenvalue weighted by Gasteiger charge is 2.33. The summed E-state index contributed by atoms with van der Waals surface area (Å²) < 4.78 is 8.92. The van der Waals surface area contributed by atoms with Gasteiger partial charge in [-0.25, -0.2) is 4.98 Å². The van der Waals surface area contributed by atoms with Crippen molar-refractivity contribution in [2.75, 3.05) is 13.2 Å². The number of hydrogen-bond acceptors (Lipinski definition) is 2. The summed E-state index contributed by atoms with van der Waals surface area (Å²) >= 11 is 9.93. The van der Waals surface area contributed by atoms with Crippen LogP contribution in [0.4, 0.5) is 0 Å². The largest absolute Gasteiger partial charge is 0.381 e. The van der Waals surface area contributed by atoms with Crippen LogP contribution in [0.2, 0.25) is 0 Å². The third kappa shape index (κ3) is 2.38. The SMILES string of the molecule is CC(Cl)c1nc2ccc(Br)cc2n1C1(C)CCOCC1. The molecule has 1 saturated heterocycles. The van der Waals surface area contributed by atoms with Crippen molar-refractivity contribution >= 4 is 38.6 Å². The van der Waals surface area contributed by atoms with Crippen LogP contribution in [-0.2, 0) is 10.3 Å². The highest BCUT2D eigenvalue weighted by atomic mass is 79.9. The van der Waals surface area contributed by atoms with E-state index < -0.39 is 0 Å². The standard InChI is InChI=1S/C15H18BrClN2O/c1-10(17)14-18-12-4-3-11(16)9-13(12)19(14)15(2)5-7-20-8-6-15/h3-4,9-10H,5-8H2,1-2H3. The minimum Gasteiger partial charge on any atom is -0.381 e. The van der Waals surface area contributed by atoms with Crippen LogP contribution in [0.5, 0.6) is 0 Å². The Morgan fingerprint density at radius 1 is 1.40 bits per heavy atom. The highest BCUT2D eigenvalue weighted by Crippen LogP contribution is 2.37. The molecule has 0 bridgehead atoms. The third-order valence-corrected chi connectivity index (χ3v) is 4.80. The van der Waals surface area contributed by atoms with Crippen molar-refractivity contribution in [2.45, 2.75) is 37.6 Å². The number of rotatable bonds is 2. The molecular formula is C15H18BrClN2O. The first kappa shape index (κ1) is 14.4. The number of hydrogen-bond donors (Lipinski definition) is 0. The van der Waals surface area contributed by atoms with Gasteiger partial charge in [-0.3, -0.25) is 0 Å². The molecule has 1 unspecified atom stereocenters. The molecule has 3 nitrogen and oxygen atoms in total. The second kappa shape index (κ2) is 5.32. The normalized spacial score (nSPS) is 20.2. The first-order chi connectivity index (χ1) is 9.51. The first-order valence-corrected chi connectivity index (χ1v) is 8.14. The van der Waals surface area contributed by atoms with Crippen LogP contribution >= 0.6 is 27.5 Å². The molecule has 20 heavy (non-hydrogen) atoms. The lowest BCUT2D eigenvalue weighted by molar-refractivity contribution is 0.0300. The zero-order valence-corrected chi connectivity index (χ0v) is 14.0. The van der Waals surface area contributed by atoms with Crippen LogP contribution in [0, 0.1) is 0 Å². The molecule has 3 rings (SSSR count). The van der Waals surface area contributed by atoms with Gasteiger partial charge in [0, 0.05) is 23.2 Å². The van der Waals surface area contributed by atoms with Crippen LogP contribution in [0.1, 0.15) is 37.9 Å². The van der Waals surface area contributed by atoms with Crippen molar-refractivity contribution in [2.24, 2.45) is 0 Å². The predicted molar refractivity (Wildman–Crippen MR) is 85.4 cm³/mol. The number of ether oxygens (including phenoxy) is 1. The zero-order valence-electron chi connectivity index (χ0n) is 11.7. The Morgan fingerprint density at radius 3 is 2.75 bits per heavy atom. The maximum atomic E-state index is 6.37. The van der Waals surface area contributed by atoms with E-state index in [0.717, 1.165) is 47.4 Å². The minimum absolute atomic E-state index is 0.0201. The van der Waals surface area contributed by atoms with E-state index in [9.17, 15) is 0 Å². The molecule has 1 fully saturated rings. The number of aromatic nitrogens is 2. The van der Waals surface area contributed by atoms with Crippen LogP contribution < -0.4 is 0 Å². The van der Waals surface area contributed by atoms with E-state index in [1.54, 1.807) is 0 Å². The van der Waals surface area contributed by atoms with E-state index in [2.05, 4.69) is 33.5 Å². The fourth-order valence-electron chi connectivity index (χ4n) is 2.94. The highest BCUT2D eigenvalue weighted by molar-refractivity contribution is 9.10. The molecular weight excluding hydrogens is 340 g/mol. The lowest BCUT2D eigenvalue weighted by atomic mass is 9.91. The van der Waals surface area contributed by atoms with Crippen molar-refractivity contribution in [3.63, 3.8) is 0 Å². The summed E-state index contributed by atoms with van der Waals surface area (Å²) in [6.45, 7) is 5.85. The van der Waals surface area contributed by atoms with E-state index >= 15 is 0 Å². The second-order valence-corrected chi connectivity index (χ2v) is 7.23. The van der Waals surface area contributed by atoms with Crippen LogP contribution in [0.3, 0.4) is 0 Å². The van der Waals surface area contributed by atoms with Crippen molar-refractivity contribution < 1.29 is 4.74 Å². The predicted octanol–water partition coefficient (Wildman–Crippen LogP) is 4.62. The third-order valence-electron chi connectivity index (χ3n) is 4.11. The Labute approximate surface area is 132 Å². The molecule has 0 spiro atoms. The first-order valence-electron chi connectivity index (χ1n) is 6.91. The summed E-state index contributed by atoms with van der Waals surface area (Å²) in [7, 11) is 0. The molecule has 1 atom stereocenters. The minimum atomic E-state index is -0.110. The number of benzene rings is 1. The number of alkyl halides is 1. The Kier molecular flexibility index (Phi) is 3.82. The number of halogens is 2. The van der Waals surface area contributed by atoms with Crippen LogP contribution in [-0.4, -0.2) is 22.8 Å². The average molecular weight is 358 g/mol. The van der Waals surface area contributed by atoms with Gasteiger partial charge in [-0.05, 0) is 44.9 Å². The molecule has 1 aliphatic rings. The quantitative estimate of drug-likeness (QED) is 0.733. The summed E-state index contributed by atoms with van der Waals surface area (Å²) in [5.41, 5.74) is 2.17. The fourth-order valence-corrected chi connectivity index (χ4v) is 3.43. The molecule has 5 heteroatoms. The molecule has 0 aliphatic carbocycles. The molecule has 0 radical (unpaired) electrons. The van der Waals surface area contributed by atoms with Gasteiger partial charge in [0.25, 0.3) is 0 Å². The maximum Gasteiger partial charge on any atom is 0.128 e. The Hall–Kier alpha value is -0.580. The summed E-state index contributed by atoms with van der Waals surface area (Å²) in [5.74, 6) is 0.948. The second-order valence-electron chi connectivity index (χ2n) is 5.66. The van der Waals surface area contributed by atoms with Gasteiger partial charge in [-0.2, -0.15) is 0 Å². The van der Waals surface area contributed by atoms with E-state index in [1.807, 2.05) is 19.1 Å². The molecule has 1 aromatic carbocycles. The van der Waals surface area contributed by atoms with Crippen molar-refractivity contribution in [1.29, 1.82) is 0 Å². The lowest BCUT2D eigenvalue weighted by Gasteiger charge is -2.37. The van der Waals surface area contributed by atoms with E-state index in [4.69, 9.17) is 21.3 Å². The summed E-state index contributed by atoms with van der Waals surface area (Å²) in [6, 6.07) is 6.20. The summed E-state index contributed by atoms with van der Waals surface area (Å²) in [6.07, 6.45) is 1.98. The monoisotopic (exact) mass is 356 g/mol. The topological polar surface area (TPSA) is 27.1 Å². The van der Waals surface area contributed by atoms with Crippen LogP contribution in [0.15, 0.2) is 22.7 Å². The molecule has 0 amide bonds. The van der Waals surface area contributed by atoms with Gasteiger partial charge >= 0.3 is 0 Å². The molecule has 2 heterocycles. The Balaban J connectivity index is 2.25. The zero-order chi connectivity index (χ0) is 14.3. The van der Waals surface area contributed by atoms with Gasteiger partial charge in [0.05, 0.1) is 16.4 Å². The average Bonchev–Trinajstić information content (AvgIpc) is 2.79. The summed E-state index contributed by atoms with van der Waals surface area (Å²) in [4.78, 5) is 4.74. The van der Waals surface area contributed by atoms with Gasteiger partial charge in [-0.1, -0.05) is 15.9 Å². The summed E-state index contributed by atoms with van der Waals surface area (Å²) in [5, 5.41) is -0.110. The van der Waals surface area contributed by atoms with Gasteiger partial charge in [0.1, 0.15) is 5.82 Å². The van der Waals surface area contributed by atoms with Crippen molar-refractivity contribution in [1.82, 2.24) is 9.55 Å². The van der Waals surface area contributed by atoms with Gasteiger partial charge in [0.15, 0.2) is 0 Å². The molecule has 1 aliphatic heterocycles. The number of imidazole rings is 1. The van der Waals surface area contributed by atoms with E-state index in [-0.39, 0.29) is 10.9 Å². The van der Waals surface area contributed by atoms with Gasteiger partial charge in [-0.15, -0.1) is 11.6 Å². The fraction of sp³-hybridized carbons (Fsp3) is 0.533. The molecule has 0 saturated carbocycles. The maximum absolute atomic E-state index is 6.37. The Morgan fingerprint density at radius 2 is 2.10 bits per heavy atom. The molecule has 0 N–H and O–H groups in total. The van der Waals surface area contributed by atoms with Gasteiger partial charge in [0.2, 0.25) is 0 Å². The van der Waals surface area contributed by atoms with Crippen molar-refractivity contribution in [3.8, 4) is 0 Å². The number of nitrogens with zero attached hydrogens (tertiary/aromatic N) is 2. The van der Waals surface area contributed by atoms with E-state index in [1.165, 1.54) is 0 Å². The number of fused-ring (bicyclic) bond motifs is 1. The van der Waals surface area contributed by atoms with Gasteiger partial charge < -0.3 is 9.30 Å². The van der Waals surface area contributed by atoms with E-state index in [0.29, 0.717) is 0 Å². The lowest BCUT2D eigenvalue weighted by Crippen LogP contribution is -2.37. The Bertz CT molecular complexity index is 632.